The van der Waals surface area contributed by atoms with Crippen LogP contribution < -0.4 is 5.73 Å². The van der Waals surface area contributed by atoms with Gasteiger partial charge in [0.05, 0.1) is 0 Å². The van der Waals surface area contributed by atoms with Crippen molar-refractivity contribution in [2.45, 2.75) is 18.9 Å². The van der Waals surface area contributed by atoms with Crippen LogP contribution in [-0.4, -0.2) is 11.8 Å². The molecule has 0 fully saturated rings. The van der Waals surface area contributed by atoms with Crippen LogP contribution in [0.15, 0.2) is 41.8 Å². The molecular weight excluding hydrogens is 242 g/mol. The number of ketones is 1. The largest absolute Gasteiger partial charge is 0.324 e. The summed E-state index contributed by atoms with van der Waals surface area (Å²) in [6.07, 6.45) is 5.18. The Morgan fingerprint density at radius 2 is 2.17 bits per heavy atom. The second-order valence-electron chi connectivity index (χ2n) is 4.79. The summed E-state index contributed by atoms with van der Waals surface area (Å²) in [5.41, 5.74) is 6.94. The molecule has 2 aromatic rings. The molecule has 2 nitrogen and oxygen atoms in total. The van der Waals surface area contributed by atoms with Gasteiger partial charge in [-0.2, -0.15) is 0 Å². The SMILES string of the molecule is NC1C=CC(C(=O)Cc2csc3ccccc23)C1. The molecule has 0 saturated heterocycles. The van der Waals surface area contributed by atoms with E-state index in [1.54, 1.807) is 11.3 Å². The minimum Gasteiger partial charge on any atom is -0.324 e. The Morgan fingerprint density at radius 1 is 1.33 bits per heavy atom. The van der Waals surface area contributed by atoms with Crippen LogP contribution in [0.25, 0.3) is 10.1 Å². The van der Waals surface area contributed by atoms with Crippen LogP contribution in [0.2, 0.25) is 0 Å². The molecule has 1 aliphatic rings. The molecule has 0 radical (unpaired) electrons. The van der Waals surface area contributed by atoms with Crippen molar-refractivity contribution >= 4 is 27.2 Å². The Kier molecular flexibility index (Phi) is 3.02. The molecule has 2 atom stereocenters. The van der Waals surface area contributed by atoms with E-state index in [1.807, 2.05) is 24.3 Å². The molecule has 0 spiro atoms. The smallest absolute Gasteiger partial charge is 0.144 e. The van der Waals surface area contributed by atoms with Gasteiger partial charge in [-0.1, -0.05) is 30.4 Å². The number of fused-ring (bicyclic) bond motifs is 1. The summed E-state index contributed by atoms with van der Waals surface area (Å²) in [6, 6.07) is 8.29. The molecule has 2 unspecified atom stereocenters. The molecule has 3 rings (SSSR count). The number of thiophene rings is 1. The van der Waals surface area contributed by atoms with Crippen molar-refractivity contribution in [1.29, 1.82) is 0 Å². The zero-order valence-electron chi connectivity index (χ0n) is 10.0. The lowest BCUT2D eigenvalue weighted by Crippen LogP contribution is -2.20. The van der Waals surface area contributed by atoms with E-state index in [0.717, 1.165) is 12.0 Å². The molecule has 1 aliphatic carbocycles. The van der Waals surface area contributed by atoms with Gasteiger partial charge in [0.25, 0.3) is 0 Å². The van der Waals surface area contributed by atoms with Crippen molar-refractivity contribution in [2.75, 3.05) is 0 Å². The minimum absolute atomic E-state index is 0.0127. The fraction of sp³-hybridized carbons (Fsp3) is 0.267. The van der Waals surface area contributed by atoms with Gasteiger partial charge in [0.15, 0.2) is 0 Å². The van der Waals surface area contributed by atoms with Gasteiger partial charge < -0.3 is 5.73 Å². The van der Waals surface area contributed by atoms with Crippen LogP contribution in [0, 0.1) is 5.92 Å². The minimum atomic E-state index is 0.0127. The van der Waals surface area contributed by atoms with Crippen molar-refractivity contribution in [3.8, 4) is 0 Å². The predicted octanol–water partition coefficient (Wildman–Crippen LogP) is 2.92. The highest BCUT2D eigenvalue weighted by Gasteiger charge is 2.23. The molecule has 1 heterocycles. The maximum absolute atomic E-state index is 12.2. The van der Waals surface area contributed by atoms with E-state index in [0.29, 0.717) is 6.42 Å². The maximum Gasteiger partial charge on any atom is 0.144 e. The average molecular weight is 257 g/mol. The number of allylic oxidation sites excluding steroid dienone is 1. The number of hydrogen-bond acceptors (Lipinski definition) is 3. The van der Waals surface area contributed by atoms with E-state index in [-0.39, 0.29) is 17.7 Å². The number of hydrogen-bond donors (Lipinski definition) is 1. The zero-order valence-corrected chi connectivity index (χ0v) is 10.8. The van der Waals surface area contributed by atoms with E-state index >= 15 is 0 Å². The first kappa shape index (κ1) is 11.6. The van der Waals surface area contributed by atoms with Crippen LogP contribution in [0.3, 0.4) is 0 Å². The summed E-state index contributed by atoms with van der Waals surface area (Å²) < 4.78 is 1.25. The Bertz CT molecular complexity index is 614. The first-order valence-corrected chi connectivity index (χ1v) is 7.04. The second-order valence-corrected chi connectivity index (χ2v) is 5.70. The van der Waals surface area contributed by atoms with E-state index in [2.05, 4.69) is 17.5 Å². The summed E-state index contributed by atoms with van der Waals surface area (Å²) in [6.45, 7) is 0. The van der Waals surface area contributed by atoms with Gasteiger partial charge in [-0.15, -0.1) is 11.3 Å². The van der Waals surface area contributed by atoms with Crippen molar-refractivity contribution in [3.05, 3.63) is 47.4 Å². The topological polar surface area (TPSA) is 43.1 Å². The number of rotatable bonds is 3. The van der Waals surface area contributed by atoms with E-state index in [1.165, 1.54) is 10.1 Å². The molecule has 0 saturated carbocycles. The molecule has 3 heteroatoms. The third-order valence-electron chi connectivity index (χ3n) is 3.46. The Hall–Kier alpha value is -1.45. The number of carbonyl (C=O) groups excluding carboxylic acids is 1. The van der Waals surface area contributed by atoms with Crippen molar-refractivity contribution in [1.82, 2.24) is 0 Å². The van der Waals surface area contributed by atoms with E-state index in [4.69, 9.17) is 5.73 Å². The number of Topliss-reactive ketones (excluding diaryl/α,β-unsaturated/α-hetero) is 1. The standard InChI is InChI=1S/C15H15NOS/c16-12-6-5-10(7-12)14(17)8-11-9-18-15-4-2-1-3-13(11)15/h1-6,9-10,12H,7-8,16H2. The van der Waals surface area contributed by atoms with Crippen LogP contribution in [0.4, 0.5) is 0 Å². The fourth-order valence-corrected chi connectivity index (χ4v) is 3.42. The predicted molar refractivity (Wildman–Crippen MR) is 75.8 cm³/mol. The van der Waals surface area contributed by atoms with Gasteiger partial charge in [-0.3, -0.25) is 4.79 Å². The van der Waals surface area contributed by atoms with Crippen LogP contribution >= 0.6 is 11.3 Å². The summed E-state index contributed by atoms with van der Waals surface area (Å²) >= 11 is 1.70. The van der Waals surface area contributed by atoms with Gasteiger partial charge in [0, 0.05) is 23.1 Å². The normalized spacial score (nSPS) is 22.7. The lowest BCUT2D eigenvalue weighted by Gasteiger charge is -2.07. The van der Waals surface area contributed by atoms with Crippen LogP contribution in [0.1, 0.15) is 12.0 Å². The van der Waals surface area contributed by atoms with Gasteiger partial charge in [-0.05, 0) is 28.8 Å². The highest BCUT2D eigenvalue weighted by Crippen LogP contribution is 2.28. The Morgan fingerprint density at radius 3 is 2.94 bits per heavy atom. The second kappa shape index (κ2) is 4.67. The van der Waals surface area contributed by atoms with Gasteiger partial charge in [0.1, 0.15) is 5.78 Å². The lowest BCUT2D eigenvalue weighted by atomic mass is 9.96. The Labute approximate surface area is 110 Å². The lowest BCUT2D eigenvalue weighted by molar-refractivity contribution is -0.120. The van der Waals surface area contributed by atoms with Gasteiger partial charge in [0.2, 0.25) is 0 Å². The van der Waals surface area contributed by atoms with Crippen molar-refractivity contribution in [2.24, 2.45) is 11.7 Å². The first-order valence-electron chi connectivity index (χ1n) is 6.16. The summed E-state index contributed by atoms with van der Waals surface area (Å²) in [4.78, 5) is 12.2. The fourth-order valence-electron chi connectivity index (χ4n) is 2.45. The zero-order chi connectivity index (χ0) is 12.5. The average Bonchev–Trinajstić information content (AvgIpc) is 2.97. The molecule has 0 bridgehead atoms. The van der Waals surface area contributed by atoms with E-state index < -0.39 is 0 Å². The van der Waals surface area contributed by atoms with Gasteiger partial charge in [-0.25, -0.2) is 0 Å². The molecule has 0 aliphatic heterocycles. The number of benzene rings is 1. The van der Waals surface area contributed by atoms with Crippen molar-refractivity contribution < 1.29 is 4.79 Å². The maximum atomic E-state index is 12.2. The molecule has 2 N–H and O–H groups in total. The third kappa shape index (κ3) is 2.11. The third-order valence-corrected chi connectivity index (χ3v) is 4.47. The monoisotopic (exact) mass is 257 g/mol. The highest BCUT2D eigenvalue weighted by molar-refractivity contribution is 7.17. The molecule has 92 valence electrons. The summed E-state index contributed by atoms with van der Waals surface area (Å²) in [7, 11) is 0. The first-order chi connectivity index (χ1) is 8.74. The number of carbonyl (C=O) groups is 1. The molecule has 1 aromatic heterocycles. The van der Waals surface area contributed by atoms with Crippen molar-refractivity contribution in [3.63, 3.8) is 0 Å². The molecular formula is C15H15NOS. The quantitative estimate of drug-likeness (QED) is 0.859. The summed E-state index contributed by atoms with van der Waals surface area (Å²) in [5, 5.41) is 3.31. The Balaban J connectivity index is 1.80. The number of nitrogens with two attached hydrogens (primary N) is 1. The van der Waals surface area contributed by atoms with Crippen LogP contribution in [0.5, 0.6) is 0 Å². The molecule has 0 amide bonds. The van der Waals surface area contributed by atoms with Gasteiger partial charge >= 0.3 is 0 Å². The highest BCUT2D eigenvalue weighted by atomic mass is 32.1. The molecule has 1 aromatic carbocycles. The van der Waals surface area contributed by atoms with E-state index in [9.17, 15) is 4.79 Å². The molecule has 18 heavy (non-hydrogen) atoms. The summed E-state index contributed by atoms with van der Waals surface area (Å²) in [5.74, 6) is 0.293. The van der Waals surface area contributed by atoms with Crippen LogP contribution in [-0.2, 0) is 11.2 Å².